The van der Waals surface area contributed by atoms with Crippen LogP contribution in [0.2, 0.25) is 0 Å². The number of hydrogen-bond donors (Lipinski definition) is 2. The fraction of sp³-hybridized carbons (Fsp3) is 0.625. The van der Waals surface area contributed by atoms with Gasteiger partial charge >= 0.3 is 0 Å². The number of hydrogen-bond acceptors (Lipinski definition) is 3. The zero-order valence-electron chi connectivity index (χ0n) is 11.9. The molecule has 1 aliphatic carbocycles. The first-order valence-electron chi connectivity index (χ1n) is 7.54. The van der Waals surface area contributed by atoms with E-state index in [4.69, 9.17) is 5.73 Å². The van der Waals surface area contributed by atoms with Gasteiger partial charge in [0.05, 0.1) is 0 Å². The number of fused-ring (bicyclic) bond motifs is 1. The lowest BCUT2D eigenvalue weighted by atomic mass is 9.91. The Hall–Kier alpha value is -1.06. The van der Waals surface area contributed by atoms with Gasteiger partial charge in [-0.05, 0) is 49.3 Å². The van der Waals surface area contributed by atoms with Gasteiger partial charge in [0.15, 0.2) is 0 Å². The van der Waals surface area contributed by atoms with Crippen molar-refractivity contribution in [3.63, 3.8) is 0 Å². The summed E-state index contributed by atoms with van der Waals surface area (Å²) in [6.07, 6.45) is 6.00. The van der Waals surface area contributed by atoms with Crippen molar-refractivity contribution < 1.29 is 0 Å². The van der Waals surface area contributed by atoms with Crippen molar-refractivity contribution in [3.05, 3.63) is 29.3 Å². The van der Waals surface area contributed by atoms with Gasteiger partial charge in [0.1, 0.15) is 0 Å². The highest BCUT2D eigenvalue weighted by molar-refractivity contribution is 5.58. The molecular weight excluding hydrogens is 234 g/mol. The Labute approximate surface area is 116 Å². The summed E-state index contributed by atoms with van der Waals surface area (Å²) < 4.78 is 0. The van der Waals surface area contributed by atoms with Crippen LogP contribution in [0.25, 0.3) is 0 Å². The molecule has 2 aliphatic rings. The first-order valence-corrected chi connectivity index (χ1v) is 7.54. The van der Waals surface area contributed by atoms with E-state index in [0.29, 0.717) is 12.1 Å². The van der Waals surface area contributed by atoms with E-state index in [-0.39, 0.29) is 0 Å². The Balaban J connectivity index is 1.56. The molecule has 0 amide bonds. The van der Waals surface area contributed by atoms with Gasteiger partial charge in [-0.15, -0.1) is 0 Å². The van der Waals surface area contributed by atoms with Gasteiger partial charge in [-0.3, -0.25) is 0 Å². The Morgan fingerprint density at radius 3 is 2.84 bits per heavy atom. The minimum absolute atomic E-state index is 0.439. The lowest BCUT2D eigenvalue weighted by Gasteiger charge is -2.27. The van der Waals surface area contributed by atoms with Gasteiger partial charge in [0, 0.05) is 37.9 Å². The summed E-state index contributed by atoms with van der Waals surface area (Å²) in [6.45, 7) is 2.16. The Bertz CT molecular complexity index is 436. The van der Waals surface area contributed by atoms with Gasteiger partial charge < -0.3 is 16.0 Å². The van der Waals surface area contributed by atoms with Crippen LogP contribution >= 0.6 is 0 Å². The molecule has 0 aromatic heterocycles. The molecule has 1 aliphatic heterocycles. The highest BCUT2D eigenvalue weighted by atomic mass is 15.1. The average Bonchev–Trinajstić information content (AvgIpc) is 2.79. The molecular formula is C16H25N3. The first-order chi connectivity index (χ1) is 9.22. The van der Waals surface area contributed by atoms with E-state index in [1.165, 1.54) is 48.9 Å². The van der Waals surface area contributed by atoms with Crippen LogP contribution in [0.3, 0.4) is 0 Å². The van der Waals surface area contributed by atoms with Crippen molar-refractivity contribution in [1.82, 2.24) is 5.32 Å². The lowest BCUT2D eigenvalue weighted by Crippen LogP contribution is -2.37. The van der Waals surface area contributed by atoms with Gasteiger partial charge in [-0.2, -0.15) is 0 Å². The number of rotatable bonds is 3. The molecule has 3 heteroatoms. The molecule has 19 heavy (non-hydrogen) atoms. The molecule has 1 aromatic carbocycles. The minimum Gasteiger partial charge on any atom is -0.374 e. The second kappa shape index (κ2) is 5.51. The van der Waals surface area contributed by atoms with Gasteiger partial charge in [-0.1, -0.05) is 12.1 Å². The zero-order valence-corrected chi connectivity index (χ0v) is 11.9. The van der Waals surface area contributed by atoms with Gasteiger partial charge in [0.25, 0.3) is 0 Å². The number of nitrogens with two attached hydrogens (primary N) is 1. The molecule has 3 N–H and O–H groups in total. The highest BCUT2D eigenvalue weighted by Gasteiger charge is 2.19. The summed E-state index contributed by atoms with van der Waals surface area (Å²) >= 11 is 0. The number of benzene rings is 1. The molecule has 1 saturated carbocycles. The number of nitrogens with zero attached hydrogens (tertiary/aromatic N) is 1. The van der Waals surface area contributed by atoms with Gasteiger partial charge in [-0.25, -0.2) is 0 Å². The van der Waals surface area contributed by atoms with Crippen LogP contribution in [0.5, 0.6) is 0 Å². The van der Waals surface area contributed by atoms with Crippen molar-refractivity contribution in [3.8, 4) is 0 Å². The Kier molecular flexibility index (Phi) is 3.76. The quantitative estimate of drug-likeness (QED) is 0.873. The average molecular weight is 259 g/mol. The fourth-order valence-corrected chi connectivity index (χ4v) is 3.32. The third-order valence-corrected chi connectivity index (χ3v) is 4.64. The van der Waals surface area contributed by atoms with E-state index in [2.05, 4.69) is 35.5 Å². The van der Waals surface area contributed by atoms with Gasteiger partial charge in [0.2, 0.25) is 0 Å². The smallest absolute Gasteiger partial charge is 0.0397 e. The van der Waals surface area contributed by atoms with Crippen molar-refractivity contribution in [1.29, 1.82) is 0 Å². The van der Waals surface area contributed by atoms with Crippen LogP contribution in [-0.2, 0) is 13.0 Å². The molecule has 1 heterocycles. The maximum Gasteiger partial charge on any atom is 0.0397 e. The second-order valence-electron chi connectivity index (χ2n) is 6.13. The monoisotopic (exact) mass is 259 g/mol. The van der Waals surface area contributed by atoms with Crippen LogP contribution in [-0.4, -0.2) is 25.7 Å². The van der Waals surface area contributed by atoms with Crippen LogP contribution in [0.4, 0.5) is 5.69 Å². The van der Waals surface area contributed by atoms with E-state index >= 15 is 0 Å². The predicted molar refractivity (Wildman–Crippen MR) is 80.5 cm³/mol. The van der Waals surface area contributed by atoms with Crippen LogP contribution < -0.4 is 16.0 Å². The van der Waals surface area contributed by atoms with E-state index in [1.807, 2.05) is 0 Å². The lowest BCUT2D eigenvalue weighted by molar-refractivity contribution is 0.342. The molecule has 0 saturated heterocycles. The Morgan fingerprint density at radius 2 is 2.05 bits per heavy atom. The standard InChI is InChI=1S/C16H25N3/c1-19-9-8-13-10-12(2-7-16(13)19)11-18-15-5-3-14(17)4-6-15/h2,7,10,14-15,18H,3-6,8-9,11,17H2,1H3. The van der Waals surface area contributed by atoms with Crippen LogP contribution in [0.15, 0.2) is 18.2 Å². The number of anilines is 1. The largest absolute Gasteiger partial charge is 0.374 e. The maximum absolute atomic E-state index is 5.95. The van der Waals surface area contributed by atoms with Crippen molar-refractivity contribution >= 4 is 5.69 Å². The van der Waals surface area contributed by atoms with Crippen molar-refractivity contribution in [2.45, 2.75) is 50.7 Å². The molecule has 0 spiro atoms. The normalized spacial score (nSPS) is 26.5. The summed E-state index contributed by atoms with van der Waals surface area (Å²) in [5.74, 6) is 0. The summed E-state index contributed by atoms with van der Waals surface area (Å²) in [5, 5.41) is 3.69. The molecule has 3 rings (SSSR count). The summed E-state index contributed by atoms with van der Waals surface area (Å²) in [5.41, 5.74) is 10.3. The molecule has 1 aromatic rings. The molecule has 3 nitrogen and oxygen atoms in total. The van der Waals surface area contributed by atoms with Crippen LogP contribution in [0.1, 0.15) is 36.8 Å². The van der Waals surface area contributed by atoms with Crippen LogP contribution in [0, 0.1) is 0 Å². The molecule has 0 atom stereocenters. The van der Waals surface area contributed by atoms with E-state index in [1.54, 1.807) is 0 Å². The second-order valence-corrected chi connectivity index (χ2v) is 6.13. The summed E-state index contributed by atoms with van der Waals surface area (Å²) in [4.78, 5) is 2.34. The third kappa shape index (κ3) is 2.93. The fourth-order valence-electron chi connectivity index (χ4n) is 3.32. The zero-order chi connectivity index (χ0) is 13.2. The molecule has 0 unspecified atom stereocenters. The number of likely N-dealkylation sites (N-methyl/N-ethyl adjacent to an activating group) is 1. The Morgan fingerprint density at radius 1 is 1.26 bits per heavy atom. The summed E-state index contributed by atoms with van der Waals surface area (Å²) in [7, 11) is 2.18. The topological polar surface area (TPSA) is 41.3 Å². The molecule has 104 valence electrons. The first kappa shape index (κ1) is 12.9. The van der Waals surface area contributed by atoms with E-state index < -0.39 is 0 Å². The molecule has 0 radical (unpaired) electrons. The minimum atomic E-state index is 0.439. The molecule has 1 fully saturated rings. The number of nitrogens with one attached hydrogen (secondary N) is 1. The highest BCUT2D eigenvalue weighted by Crippen LogP contribution is 2.27. The maximum atomic E-state index is 5.95. The third-order valence-electron chi connectivity index (χ3n) is 4.64. The predicted octanol–water partition coefficient (Wildman–Crippen LogP) is 2.04. The van der Waals surface area contributed by atoms with Crippen molar-refractivity contribution in [2.75, 3.05) is 18.5 Å². The van der Waals surface area contributed by atoms with E-state index in [9.17, 15) is 0 Å². The SMILES string of the molecule is CN1CCc2cc(CNC3CCC(N)CC3)ccc21. The van der Waals surface area contributed by atoms with Crippen molar-refractivity contribution in [2.24, 2.45) is 5.73 Å². The van der Waals surface area contributed by atoms with E-state index in [0.717, 1.165) is 13.1 Å². The molecule has 0 bridgehead atoms. The summed E-state index contributed by atoms with van der Waals surface area (Å²) in [6, 6.07) is 8.02.